The number of anilines is 1. The van der Waals surface area contributed by atoms with Crippen molar-refractivity contribution in [3.05, 3.63) is 29.8 Å². The van der Waals surface area contributed by atoms with Gasteiger partial charge in [-0.2, -0.15) is 0 Å². The summed E-state index contributed by atoms with van der Waals surface area (Å²) in [5.41, 5.74) is 2.32. The van der Waals surface area contributed by atoms with E-state index in [-0.39, 0.29) is 12.5 Å². The van der Waals surface area contributed by atoms with Crippen LogP contribution in [-0.4, -0.2) is 30.2 Å². The molecule has 128 valence electrons. The highest BCUT2D eigenvalue weighted by Gasteiger charge is 2.39. The molecule has 2 aliphatic carbocycles. The van der Waals surface area contributed by atoms with E-state index in [0.717, 1.165) is 36.9 Å². The van der Waals surface area contributed by atoms with E-state index in [1.165, 1.54) is 31.2 Å². The third-order valence-electron chi connectivity index (χ3n) is 5.87. The van der Waals surface area contributed by atoms with Gasteiger partial charge in [-0.25, -0.2) is 0 Å². The second kappa shape index (κ2) is 6.71. The Morgan fingerprint density at radius 3 is 2.92 bits per heavy atom. The van der Waals surface area contributed by atoms with E-state index in [1.807, 2.05) is 23.1 Å². The zero-order valence-electron chi connectivity index (χ0n) is 14.0. The molecule has 5 heteroatoms. The molecule has 3 atom stereocenters. The molecule has 2 fully saturated rings. The third kappa shape index (κ3) is 3.14. The number of nitrogens with one attached hydrogen (secondary N) is 2. The van der Waals surface area contributed by atoms with E-state index >= 15 is 0 Å². The number of nitrogens with zero attached hydrogens (tertiary/aromatic N) is 1. The first-order chi connectivity index (χ1) is 11.7. The SMILES string of the molecule is O=C(CNC(=S)N[C@@H]1C[C@H]2CC[C@H]1C2)N1CCCc2ccccc21. The molecule has 0 aromatic heterocycles. The standard InChI is InChI=1S/C19H25N3OS/c23-18(22-9-3-5-14-4-1-2-6-17(14)22)12-20-19(24)21-16-11-13-7-8-15(16)10-13/h1-2,4,6,13,15-16H,3,5,7-12H2,(H2,20,21,24)/t13-,15-,16+/m0/s1. The summed E-state index contributed by atoms with van der Waals surface area (Å²) in [6.45, 7) is 1.06. The molecule has 2 saturated carbocycles. The van der Waals surface area contributed by atoms with Gasteiger partial charge in [-0.3, -0.25) is 4.79 Å². The Bertz CT molecular complexity index is 647. The third-order valence-corrected chi connectivity index (χ3v) is 6.13. The number of hydrogen-bond acceptors (Lipinski definition) is 2. The van der Waals surface area contributed by atoms with Gasteiger partial charge < -0.3 is 15.5 Å². The predicted molar refractivity (Wildman–Crippen MR) is 100 cm³/mol. The van der Waals surface area contributed by atoms with Gasteiger partial charge in [0.1, 0.15) is 0 Å². The summed E-state index contributed by atoms with van der Waals surface area (Å²) in [5.74, 6) is 1.76. The van der Waals surface area contributed by atoms with Crippen molar-refractivity contribution in [3.8, 4) is 0 Å². The first kappa shape index (κ1) is 15.9. The van der Waals surface area contributed by atoms with Crippen molar-refractivity contribution in [2.75, 3.05) is 18.0 Å². The van der Waals surface area contributed by atoms with Crippen molar-refractivity contribution in [2.24, 2.45) is 11.8 Å². The molecule has 0 radical (unpaired) electrons. The number of para-hydroxylation sites is 1. The van der Waals surface area contributed by atoms with Crippen LogP contribution in [0.15, 0.2) is 24.3 Å². The molecular weight excluding hydrogens is 318 g/mol. The predicted octanol–water partition coefficient (Wildman–Crippen LogP) is 2.62. The average molecular weight is 343 g/mol. The molecule has 24 heavy (non-hydrogen) atoms. The van der Waals surface area contributed by atoms with Crippen LogP contribution in [0, 0.1) is 11.8 Å². The van der Waals surface area contributed by atoms with Crippen LogP contribution in [0.1, 0.15) is 37.7 Å². The van der Waals surface area contributed by atoms with Crippen molar-refractivity contribution in [2.45, 2.75) is 44.6 Å². The van der Waals surface area contributed by atoms with Gasteiger partial charge in [0, 0.05) is 18.3 Å². The number of rotatable bonds is 3. The van der Waals surface area contributed by atoms with Gasteiger partial charge in [-0.15, -0.1) is 0 Å². The highest BCUT2D eigenvalue weighted by atomic mass is 32.1. The number of aryl methyl sites for hydroxylation is 1. The lowest BCUT2D eigenvalue weighted by atomic mass is 9.96. The molecule has 4 rings (SSSR count). The minimum atomic E-state index is 0.0965. The van der Waals surface area contributed by atoms with E-state index in [2.05, 4.69) is 16.7 Å². The number of carbonyl (C=O) groups excluding carboxylic acids is 1. The van der Waals surface area contributed by atoms with Gasteiger partial charge >= 0.3 is 0 Å². The maximum absolute atomic E-state index is 12.6. The van der Waals surface area contributed by atoms with Crippen molar-refractivity contribution in [3.63, 3.8) is 0 Å². The van der Waals surface area contributed by atoms with Gasteiger partial charge in [0.05, 0.1) is 6.54 Å². The number of thiocarbonyl (C=S) groups is 1. The van der Waals surface area contributed by atoms with Crippen molar-refractivity contribution in [1.82, 2.24) is 10.6 Å². The lowest BCUT2D eigenvalue weighted by molar-refractivity contribution is -0.117. The zero-order valence-corrected chi connectivity index (χ0v) is 14.8. The van der Waals surface area contributed by atoms with E-state index < -0.39 is 0 Å². The number of amides is 1. The first-order valence-electron chi connectivity index (χ1n) is 9.13. The van der Waals surface area contributed by atoms with Gasteiger partial charge in [-0.05, 0) is 67.8 Å². The molecule has 2 bridgehead atoms. The Balaban J connectivity index is 1.30. The molecule has 3 aliphatic rings. The Morgan fingerprint density at radius 2 is 2.12 bits per heavy atom. The lowest BCUT2D eigenvalue weighted by Crippen LogP contribution is -2.48. The zero-order chi connectivity index (χ0) is 16.5. The summed E-state index contributed by atoms with van der Waals surface area (Å²) >= 11 is 5.41. The molecule has 0 spiro atoms. The summed E-state index contributed by atoms with van der Waals surface area (Å²) in [5, 5.41) is 7.19. The van der Waals surface area contributed by atoms with Crippen LogP contribution in [0.2, 0.25) is 0 Å². The number of carbonyl (C=O) groups is 1. The summed E-state index contributed by atoms with van der Waals surface area (Å²) in [6, 6.07) is 8.70. The van der Waals surface area contributed by atoms with Crippen LogP contribution in [0.4, 0.5) is 5.69 Å². The van der Waals surface area contributed by atoms with Crippen LogP contribution in [0.3, 0.4) is 0 Å². The maximum atomic E-state index is 12.6. The molecule has 1 aliphatic heterocycles. The quantitative estimate of drug-likeness (QED) is 0.828. The summed E-state index contributed by atoms with van der Waals surface area (Å²) in [7, 11) is 0. The Morgan fingerprint density at radius 1 is 1.25 bits per heavy atom. The topological polar surface area (TPSA) is 44.4 Å². The van der Waals surface area contributed by atoms with Crippen LogP contribution in [0.5, 0.6) is 0 Å². The largest absolute Gasteiger partial charge is 0.360 e. The van der Waals surface area contributed by atoms with Gasteiger partial charge in [-0.1, -0.05) is 24.6 Å². The summed E-state index contributed by atoms with van der Waals surface area (Å²) in [4.78, 5) is 14.5. The fourth-order valence-electron chi connectivity index (χ4n) is 4.68. The van der Waals surface area contributed by atoms with Crippen LogP contribution >= 0.6 is 12.2 Å². The normalized spacial score (nSPS) is 27.7. The molecule has 1 heterocycles. The Labute approximate surface area is 149 Å². The van der Waals surface area contributed by atoms with Crippen molar-refractivity contribution < 1.29 is 4.79 Å². The molecule has 0 saturated heterocycles. The first-order valence-corrected chi connectivity index (χ1v) is 9.54. The second-order valence-electron chi connectivity index (χ2n) is 7.39. The molecular formula is C19H25N3OS. The summed E-state index contributed by atoms with van der Waals surface area (Å²) < 4.78 is 0. The maximum Gasteiger partial charge on any atom is 0.246 e. The van der Waals surface area contributed by atoms with Gasteiger partial charge in [0.15, 0.2) is 5.11 Å². The average Bonchev–Trinajstić information content (AvgIpc) is 3.22. The highest BCUT2D eigenvalue weighted by molar-refractivity contribution is 7.80. The molecule has 2 N–H and O–H groups in total. The summed E-state index contributed by atoms with van der Waals surface area (Å²) in [6.07, 6.45) is 7.38. The van der Waals surface area contributed by atoms with Crippen LogP contribution in [0.25, 0.3) is 0 Å². The Kier molecular flexibility index (Phi) is 4.44. The molecule has 4 nitrogen and oxygen atoms in total. The van der Waals surface area contributed by atoms with E-state index in [1.54, 1.807) is 0 Å². The minimum absolute atomic E-state index is 0.0965. The monoisotopic (exact) mass is 343 g/mol. The van der Waals surface area contributed by atoms with Crippen LogP contribution < -0.4 is 15.5 Å². The smallest absolute Gasteiger partial charge is 0.246 e. The molecule has 1 aromatic rings. The number of fused-ring (bicyclic) bond motifs is 3. The highest BCUT2D eigenvalue weighted by Crippen LogP contribution is 2.44. The van der Waals surface area contributed by atoms with Crippen molar-refractivity contribution in [1.29, 1.82) is 0 Å². The van der Waals surface area contributed by atoms with Gasteiger partial charge in [0.2, 0.25) is 5.91 Å². The minimum Gasteiger partial charge on any atom is -0.360 e. The molecule has 1 aromatic carbocycles. The Hall–Kier alpha value is -1.62. The fourth-order valence-corrected chi connectivity index (χ4v) is 4.91. The number of benzene rings is 1. The fraction of sp³-hybridized carbons (Fsp3) is 0.579. The van der Waals surface area contributed by atoms with E-state index in [9.17, 15) is 4.79 Å². The molecule has 0 unspecified atom stereocenters. The van der Waals surface area contributed by atoms with Crippen molar-refractivity contribution >= 4 is 28.9 Å². The second-order valence-corrected chi connectivity index (χ2v) is 7.79. The number of hydrogen-bond donors (Lipinski definition) is 2. The van der Waals surface area contributed by atoms with E-state index in [0.29, 0.717) is 11.2 Å². The molecule has 1 amide bonds. The van der Waals surface area contributed by atoms with Gasteiger partial charge in [0.25, 0.3) is 0 Å². The lowest BCUT2D eigenvalue weighted by Gasteiger charge is -2.30. The van der Waals surface area contributed by atoms with Crippen LogP contribution in [-0.2, 0) is 11.2 Å². The van der Waals surface area contributed by atoms with E-state index in [4.69, 9.17) is 12.2 Å².